The van der Waals surface area contributed by atoms with Gasteiger partial charge in [0.2, 0.25) is 0 Å². The van der Waals surface area contributed by atoms with Crippen LogP contribution >= 0.6 is 11.6 Å². The Bertz CT molecular complexity index is 835. The highest BCUT2D eigenvalue weighted by atomic mass is 35.5. The highest BCUT2D eigenvalue weighted by molar-refractivity contribution is 6.31. The van der Waals surface area contributed by atoms with Crippen LogP contribution in [0, 0.1) is 0 Å². The molecule has 4 heteroatoms. The summed E-state index contributed by atoms with van der Waals surface area (Å²) in [7, 11) is 0. The second-order valence-corrected chi connectivity index (χ2v) is 6.03. The van der Waals surface area contributed by atoms with Gasteiger partial charge in [-0.05, 0) is 29.3 Å². The van der Waals surface area contributed by atoms with Crippen molar-refractivity contribution in [2.75, 3.05) is 5.32 Å². The van der Waals surface area contributed by atoms with Gasteiger partial charge >= 0.3 is 5.97 Å². The summed E-state index contributed by atoms with van der Waals surface area (Å²) in [6.07, 6.45) is 0. The van der Waals surface area contributed by atoms with Crippen molar-refractivity contribution in [3.63, 3.8) is 0 Å². The number of halogens is 1. The second kappa shape index (κ2) is 8.36. The maximum absolute atomic E-state index is 12.5. The molecule has 3 rings (SSSR count). The summed E-state index contributed by atoms with van der Waals surface area (Å²) in [5.41, 5.74) is 3.20. The molecule has 0 saturated carbocycles. The zero-order valence-electron chi connectivity index (χ0n) is 13.6. The van der Waals surface area contributed by atoms with Crippen LogP contribution in [-0.4, -0.2) is 5.97 Å². The normalized spacial score (nSPS) is 10.3. The lowest BCUT2D eigenvalue weighted by Gasteiger charge is -2.12. The number of carbonyl (C=O) groups is 1. The molecule has 0 spiro atoms. The Morgan fingerprint density at radius 3 is 2.20 bits per heavy atom. The molecular formula is C21H18ClNO2. The summed E-state index contributed by atoms with van der Waals surface area (Å²) in [6.45, 7) is 0.839. The zero-order chi connectivity index (χ0) is 17.5. The number of anilines is 1. The molecule has 0 aromatic heterocycles. The predicted molar refractivity (Wildman–Crippen MR) is 101 cm³/mol. The van der Waals surface area contributed by atoms with E-state index in [9.17, 15) is 4.79 Å². The van der Waals surface area contributed by atoms with Gasteiger partial charge in [0.05, 0.1) is 5.56 Å². The summed E-state index contributed by atoms with van der Waals surface area (Å²) in [4.78, 5) is 12.5. The number of nitrogens with one attached hydrogen (secondary N) is 1. The van der Waals surface area contributed by atoms with E-state index in [2.05, 4.69) is 5.32 Å². The van der Waals surface area contributed by atoms with Crippen molar-refractivity contribution in [2.45, 2.75) is 13.2 Å². The molecule has 0 atom stereocenters. The summed E-state index contributed by atoms with van der Waals surface area (Å²) in [5, 5.41) is 3.77. The van der Waals surface area contributed by atoms with Crippen molar-refractivity contribution < 1.29 is 9.53 Å². The Morgan fingerprint density at radius 2 is 1.52 bits per heavy atom. The van der Waals surface area contributed by atoms with Crippen LogP contribution in [0.5, 0.6) is 0 Å². The Labute approximate surface area is 152 Å². The van der Waals surface area contributed by atoms with E-state index in [0.29, 0.717) is 22.8 Å². The third-order valence-electron chi connectivity index (χ3n) is 3.74. The van der Waals surface area contributed by atoms with Gasteiger partial charge in [-0.2, -0.15) is 0 Å². The Morgan fingerprint density at radius 1 is 0.880 bits per heavy atom. The van der Waals surface area contributed by atoms with Crippen molar-refractivity contribution in [3.05, 3.63) is 101 Å². The van der Waals surface area contributed by atoms with Gasteiger partial charge in [0.25, 0.3) is 0 Å². The van der Waals surface area contributed by atoms with Crippen molar-refractivity contribution in [1.29, 1.82) is 0 Å². The van der Waals surface area contributed by atoms with Gasteiger partial charge in [-0.15, -0.1) is 0 Å². The van der Waals surface area contributed by atoms with Gasteiger partial charge in [0, 0.05) is 17.3 Å². The van der Waals surface area contributed by atoms with Crippen LogP contribution in [0.4, 0.5) is 5.69 Å². The molecule has 3 nitrogen and oxygen atoms in total. The fourth-order valence-electron chi connectivity index (χ4n) is 2.43. The van der Waals surface area contributed by atoms with Crippen molar-refractivity contribution in [1.82, 2.24) is 0 Å². The third kappa shape index (κ3) is 4.85. The van der Waals surface area contributed by atoms with E-state index >= 15 is 0 Å². The molecule has 0 saturated heterocycles. The lowest BCUT2D eigenvalue weighted by Crippen LogP contribution is -2.10. The molecule has 0 amide bonds. The molecule has 0 heterocycles. The topological polar surface area (TPSA) is 38.3 Å². The molecule has 3 aromatic rings. The lowest BCUT2D eigenvalue weighted by atomic mass is 10.1. The van der Waals surface area contributed by atoms with E-state index in [1.54, 1.807) is 18.2 Å². The van der Waals surface area contributed by atoms with Crippen LogP contribution in [0.1, 0.15) is 21.5 Å². The minimum Gasteiger partial charge on any atom is -0.457 e. The van der Waals surface area contributed by atoms with E-state index in [0.717, 1.165) is 11.1 Å². The van der Waals surface area contributed by atoms with Crippen LogP contribution in [-0.2, 0) is 17.9 Å². The molecule has 0 fully saturated rings. The summed E-state index contributed by atoms with van der Waals surface area (Å²) < 4.78 is 5.42. The maximum Gasteiger partial charge on any atom is 0.340 e. The van der Waals surface area contributed by atoms with E-state index in [-0.39, 0.29) is 6.61 Å². The molecule has 0 aliphatic carbocycles. The van der Waals surface area contributed by atoms with Crippen molar-refractivity contribution in [2.24, 2.45) is 0 Å². The molecule has 0 unspecified atom stereocenters. The fourth-order valence-corrected chi connectivity index (χ4v) is 2.61. The number of hydrogen-bond donors (Lipinski definition) is 1. The number of hydrogen-bond acceptors (Lipinski definition) is 3. The van der Waals surface area contributed by atoms with Gasteiger partial charge < -0.3 is 10.1 Å². The Balaban J connectivity index is 1.70. The van der Waals surface area contributed by atoms with Gasteiger partial charge in [0.15, 0.2) is 0 Å². The van der Waals surface area contributed by atoms with Crippen molar-refractivity contribution >= 4 is 23.3 Å². The number of esters is 1. The minimum atomic E-state index is -0.401. The number of carbonyl (C=O) groups excluding carboxylic acids is 1. The van der Waals surface area contributed by atoms with Gasteiger partial charge in [-0.3, -0.25) is 0 Å². The molecule has 0 radical (unpaired) electrons. The fraction of sp³-hybridized carbons (Fsp3) is 0.0952. The average molecular weight is 352 g/mol. The van der Waals surface area contributed by atoms with Gasteiger partial charge in [-0.1, -0.05) is 72.3 Å². The SMILES string of the molecule is O=C(OCc1ccccc1)c1cc(Cl)ccc1NCc1ccccc1. The first-order valence-corrected chi connectivity index (χ1v) is 8.38. The molecule has 3 aromatic carbocycles. The molecule has 0 aliphatic heterocycles. The molecule has 1 N–H and O–H groups in total. The summed E-state index contributed by atoms with van der Waals surface area (Å²) in [6, 6.07) is 24.7. The van der Waals surface area contributed by atoms with Crippen LogP contribution in [0.3, 0.4) is 0 Å². The zero-order valence-corrected chi connectivity index (χ0v) is 14.4. The standard InChI is InChI=1S/C21H18ClNO2/c22-18-11-12-20(23-14-16-7-3-1-4-8-16)19(13-18)21(24)25-15-17-9-5-2-6-10-17/h1-13,23H,14-15H2. The minimum absolute atomic E-state index is 0.226. The average Bonchev–Trinajstić information content (AvgIpc) is 2.66. The number of benzene rings is 3. The summed E-state index contributed by atoms with van der Waals surface area (Å²) in [5.74, 6) is -0.401. The smallest absolute Gasteiger partial charge is 0.340 e. The van der Waals surface area contributed by atoms with Gasteiger partial charge in [0.1, 0.15) is 6.61 Å². The first kappa shape index (κ1) is 17.1. The predicted octanol–water partition coefficient (Wildman–Crippen LogP) is 5.31. The monoisotopic (exact) mass is 351 g/mol. The molecule has 0 bridgehead atoms. The maximum atomic E-state index is 12.5. The quantitative estimate of drug-likeness (QED) is 0.612. The second-order valence-electron chi connectivity index (χ2n) is 5.59. The highest BCUT2D eigenvalue weighted by Gasteiger charge is 2.14. The molecule has 0 aliphatic rings. The molecule has 126 valence electrons. The molecule has 25 heavy (non-hydrogen) atoms. The lowest BCUT2D eigenvalue weighted by molar-refractivity contribution is 0.0474. The summed E-state index contributed by atoms with van der Waals surface area (Å²) >= 11 is 6.06. The molecular weight excluding hydrogens is 334 g/mol. The van der Waals surface area contributed by atoms with Crippen LogP contribution in [0.2, 0.25) is 5.02 Å². The van der Waals surface area contributed by atoms with E-state index < -0.39 is 5.97 Å². The van der Waals surface area contributed by atoms with Gasteiger partial charge in [-0.25, -0.2) is 4.79 Å². The first-order valence-electron chi connectivity index (χ1n) is 8.01. The van der Waals surface area contributed by atoms with E-state index in [1.807, 2.05) is 60.7 Å². The van der Waals surface area contributed by atoms with Crippen molar-refractivity contribution in [3.8, 4) is 0 Å². The van der Waals surface area contributed by atoms with E-state index in [4.69, 9.17) is 16.3 Å². The van der Waals surface area contributed by atoms with Crippen LogP contribution < -0.4 is 5.32 Å². The Kier molecular flexibility index (Phi) is 5.70. The highest BCUT2D eigenvalue weighted by Crippen LogP contribution is 2.23. The van der Waals surface area contributed by atoms with E-state index in [1.165, 1.54) is 0 Å². The third-order valence-corrected chi connectivity index (χ3v) is 3.98. The largest absolute Gasteiger partial charge is 0.457 e. The number of ether oxygens (including phenoxy) is 1. The Hall–Kier alpha value is -2.78. The van der Waals surface area contributed by atoms with Crippen LogP contribution in [0.25, 0.3) is 0 Å². The van der Waals surface area contributed by atoms with Crippen LogP contribution in [0.15, 0.2) is 78.9 Å². The first-order chi connectivity index (χ1) is 12.2. The number of rotatable bonds is 6.